The lowest BCUT2D eigenvalue weighted by Crippen LogP contribution is -2.36. The number of nitrogens with zero attached hydrogens (tertiary/aromatic N) is 1. The summed E-state index contributed by atoms with van der Waals surface area (Å²) in [7, 11) is 0. The summed E-state index contributed by atoms with van der Waals surface area (Å²) in [4.78, 5) is 51.2. The van der Waals surface area contributed by atoms with Gasteiger partial charge in [0.15, 0.2) is 6.61 Å². The number of amides is 4. The molecule has 1 saturated heterocycles. The van der Waals surface area contributed by atoms with E-state index < -0.39 is 17.1 Å². The molecule has 9 heteroatoms. The second-order valence-corrected chi connectivity index (χ2v) is 10.3. The van der Waals surface area contributed by atoms with Crippen molar-refractivity contribution in [1.29, 1.82) is 0 Å². The van der Waals surface area contributed by atoms with Gasteiger partial charge in [0.1, 0.15) is 12.3 Å². The number of benzene rings is 3. The monoisotopic (exact) mass is 543 g/mol. The summed E-state index contributed by atoms with van der Waals surface area (Å²) in [5.41, 5.74) is 6.21. The molecular formula is C30H29N3O5S. The van der Waals surface area contributed by atoms with Gasteiger partial charge in [-0.25, -0.2) is 0 Å². The van der Waals surface area contributed by atoms with Gasteiger partial charge in [-0.3, -0.25) is 24.1 Å². The summed E-state index contributed by atoms with van der Waals surface area (Å²) in [5.74, 6) is -0.770. The zero-order valence-electron chi connectivity index (χ0n) is 22.2. The highest BCUT2D eigenvalue weighted by Crippen LogP contribution is 2.32. The molecule has 1 fully saturated rings. The number of imide groups is 1. The maximum absolute atomic E-state index is 12.8. The van der Waals surface area contributed by atoms with Crippen LogP contribution in [0.2, 0.25) is 0 Å². The molecular weight excluding hydrogens is 514 g/mol. The molecule has 1 aliphatic heterocycles. The van der Waals surface area contributed by atoms with Crippen molar-refractivity contribution >= 4 is 52.2 Å². The second kappa shape index (κ2) is 12.0. The Bertz CT molecular complexity index is 1480. The highest BCUT2D eigenvalue weighted by atomic mass is 32.2. The van der Waals surface area contributed by atoms with Crippen LogP contribution in [-0.2, 0) is 14.4 Å². The van der Waals surface area contributed by atoms with Gasteiger partial charge in [0.05, 0.1) is 4.91 Å². The first-order chi connectivity index (χ1) is 18.6. The van der Waals surface area contributed by atoms with E-state index in [-0.39, 0.29) is 24.0 Å². The van der Waals surface area contributed by atoms with E-state index in [4.69, 9.17) is 4.74 Å². The molecule has 0 saturated carbocycles. The van der Waals surface area contributed by atoms with Crippen molar-refractivity contribution in [2.45, 2.75) is 27.7 Å². The van der Waals surface area contributed by atoms with Crippen molar-refractivity contribution in [2.75, 3.05) is 23.8 Å². The van der Waals surface area contributed by atoms with E-state index in [0.29, 0.717) is 22.7 Å². The Balaban J connectivity index is 1.31. The Hall–Kier alpha value is -4.37. The average Bonchev–Trinajstić information content (AvgIpc) is 3.14. The highest BCUT2D eigenvalue weighted by Gasteiger charge is 2.36. The molecule has 3 aromatic carbocycles. The van der Waals surface area contributed by atoms with E-state index in [1.165, 1.54) is 0 Å². The van der Waals surface area contributed by atoms with E-state index >= 15 is 0 Å². The Morgan fingerprint density at radius 2 is 1.59 bits per heavy atom. The number of nitrogens with one attached hydrogen (secondary N) is 2. The zero-order valence-corrected chi connectivity index (χ0v) is 23.0. The summed E-state index contributed by atoms with van der Waals surface area (Å²) >= 11 is 0.785. The summed E-state index contributed by atoms with van der Waals surface area (Å²) in [5, 5.41) is 5.06. The van der Waals surface area contributed by atoms with Gasteiger partial charge in [0.25, 0.3) is 17.1 Å². The number of aryl methyl sites for hydroxylation is 4. The summed E-state index contributed by atoms with van der Waals surface area (Å²) in [6.45, 7) is 7.29. The smallest absolute Gasteiger partial charge is 0.294 e. The minimum Gasteiger partial charge on any atom is -0.484 e. The molecule has 1 heterocycles. The lowest BCUT2D eigenvalue weighted by atomic mass is 10.1. The van der Waals surface area contributed by atoms with E-state index in [2.05, 4.69) is 10.6 Å². The minimum absolute atomic E-state index is 0.157. The van der Waals surface area contributed by atoms with Gasteiger partial charge in [-0.15, -0.1) is 0 Å². The molecule has 200 valence electrons. The third kappa shape index (κ3) is 7.14. The molecule has 0 spiro atoms. The molecule has 8 nitrogen and oxygen atoms in total. The molecule has 0 bridgehead atoms. The van der Waals surface area contributed by atoms with Crippen molar-refractivity contribution in [1.82, 2.24) is 4.90 Å². The Labute approximate surface area is 231 Å². The van der Waals surface area contributed by atoms with Gasteiger partial charge in [-0.2, -0.15) is 0 Å². The number of ether oxygens (including phenoxy) is 1. The van der Waals surface area contributed by atoms with Crippen LogP contribution in [0.4, 0.5) is 16.2 Å². The third-order valence-corrected chi connectivity index (χ3v) is 7.08. The topological polar surface area (TPSA) is 105 Å². The number of hydrogen-bond donors (Lipinski definition) is 2. The number of anilines is 2. The molecule has 1 aliphatic rings. The summed E-state index contributed by atoms with van der Waals surface area (Å²) < 4.78 is 5.57. The molecule has 4 amide bonds. The van der Waals surface area contributed by atoms with E-state index in [1.807, 2.05) is 58.0 Å². The molecule has 0 atom stereocenters. The van der Waals surface area contributed by atoms with Crippen LogP contribution >= 0.6 is 11.8 Å². The maximum atomic E-state index is 12.8. The SMILES string of the molecule is Cc1ccc(NC(=O)CN2C(=O)S/C(=C\c3ccc(OCC(=O)Nc4ccc(C)c(C)c4)cc3)C2=O)c(C)c1. The Morgan fingerprint density at radius 1 is 0.846 bits per heavy atom. The van der Waals surface area contributed by atoms with Crippen LogP contribution in [0.15, 0.2) is 65.6 Å². The molecule has 0 aliphatic carbocycles. The molecule has 4 rings (SSSR count). The largest absolute Gasteiger partial charge is 0.484 e. The molecule has 2 N–H and O–H groups in total. The van der Waals surface area contributed by atoms with Gasteiger partial charge in [-0.05, 0) is 98.1 Å². The fourth-order valence-corrected chi connectivity index (χ4v) is 4.74. The van der Waals surface area contributed by atoms with E-state index in [0.717, 1.165) is 38.9 Å². The van der Waals surface area contributed by atoms with Crippen molar-refractivity contribution in [3.63, 3.8) is 0 Å². The standard InChI is InChI=1S/C30H29N3O5S/c1-18-5-12-25(21(4)13-18)32-27(34)16-33-29(36)26(39-30(33)37)15-22-7-10-24(11-8-22)38-17-28(35)31-23-9-6-19(2)20(3)14-23/h5-15H,16-17H2,1-4H3,(H,31,35)(H,32,34)/b26-15-. The van der Waals surface area contributed by atoms with Crippen LogP contribution in [0, 0.1) is 27.7 Å². The van der Waals surface area contributed by atoms with Crippen LogP contribution in [0.3, 0.4) is 0 Å². The van der Waals surface area contributed by atoms with Crippen LogP contribution < -0.4 is 15.4 Å². The number of thioether (sulfide) groups is 1. The quantitative estimate of drug-likeness (QED) is 0.358. The van der Waals surface area contributed by atoms with Gasteiger partial charge in [0.2, 0.25) is 5.91 Å². The molecule has 0 radical (unpaired) electrons. The second-order valence-electron chi connectivity index (χ2n) is 9.34. The van der Waals surface area contributed by atoms with E-state index in [9.17, 15) is 19.2 Å². The summed E-state index contributed by atoms with van der Waals surface area (Å²) in [6, 6.07) is 18.1. The lowest BCUT2D eigenvalue weighted by Gasteiger charge is -2.14. The highest BCUT2D eigenvalue weighted by molar-refractivity contribution is 8.18. The van der Waals surface area contributed by atoms with E-state index in [1.54, 1.807) is 36.4 Å². The maximum Gasteiger partial charge on any atom is 0.294 e. The van der Waals surface area contributed by atoms with Gasteiger partial charge < -0.3 is 15.4 Å². The van der Waals surface area contributed by atoms with Crippen molar-refractivity contribution in [2.24, 2.45) is 0 Å². The third-order valence-electron chi connectivity index (χ3n) is 6.17. The van der Waals surface area contributed by atoms with Gasteiger partial charge >= 0.3 is 0 Å². The van der Waals surface area contributed by atoms with Crippen molar-refractivity contribution in [3.05, 3.63) is 93.4 Å². The number of carbonyl (C=O) groups excluding carboxylic acids is 4. The first-order valence-corrected chi connectivity index (χ1v) is 13.1. The fraction of sp³-hybridized carbons (Fsp3) is 0.200. The fourth-order valence-electron chi connectivity index (χ4n) is 3.90. The average molecular weight is 544 g/mol. The molecule has 0 aromatic heterocycles. The van der Waals surface area contributed by atoms with Gasteiger partial charge in [-0.1, -0.05) is 35.9 Å². The predicted octanol–water partition coefficient (Wildman–Crippen LogP) is 5.61. The molecule has 0 unspecified atom stereocenters. The molecule has 3 aromatic rings. The number of hydrogen-bond acceptors (Lipinski definition) is 6. The van der Waals surface area contributed by atoms with Crippen LogP contribution in [-0.4, -0.2) is 41.0 Å². The predicted molar refractivity (Wildman–Crippen MR) is 154 cm³/mol. The van der Waals surface area contributed by atoms with Crippen molar-refractivity contribution in [3.8, 4) is 5.75 Å². The summed E-state index contributed by atoms with van der Waals surface area (Å²) in [6.07, 6.45) is 1.59. The Morgan fingerprint density at radius 3 is 2.28 bits per heavy atom. The number of carbonyl (C=O) groups is 4. The number of rotatable bonds is 8. The molecule has 39 heavy (non-hydrogen) atoms. The normalized spacial score (nSPS) is 14.1. The van der Waals surface area contributed by atoms with Crippen LogP contribution in [0.1, 0.15) is 27.8 Å². The first-order valence-electron chi connectivity index (χ1n) is 12.3. The van der Waals surface area contributed by atoms with Crippen LogP contribution in [0.5, 0.6) is 5.75 Å². The lowest BCUT2D eigenvalue weighted by molar-refractivity contribution is -0.127. The Kier molecular flexibility index (Phi) is 8.51. The van der Waals surface area contributed by atoms with Crippen molar-refractivity contribution < 1.29 is 23.9 Å². The van der Waals surface area contributed by atoms with Crippen LogP contribution in [0.25, 0.3) is 6.08 Å². The minimum atomic E-state index is -0.524. The first kappa shape index (κ1) is 27.7. The van der Waals surface area contributed by atoms with Gasteiger partial charge in [0, 0.05) is 11.4 Å². The zero-order chi connectivity index (χ0) is 28.1.